The van der Waals surface area contributed by atoms with Crippen LogP contribution in [0.2, 0.25) is 5.02 Å². The maximum Gasteiger partial charge on any atom is 0.166 e. The van der Waals surface area contributed by atoms with E-state index in [0.717, 1.165) is 17.7 Å². The highest BCUT2D eigenvalue weighted by Crippen LogP contribution is 2.30. The Bertz CT molecular complexity index is 630. The first-order chi connectivity index (χ1) is 10.0. The minimum atomic E-state index is -0.378. The van der Waals surface area contributed by atoms with E-state index in [0.29, 0.717) is 10.8 Å². The number of benzene rings is 2. The van der Waals surface area contributed by atoms with E-state index in [2.05, 4.69) is 5.32 Å². The molecule has 21 heavy (non-hydrogen) atoms. The Kier molecular flexibility index (Phi) is 5.21. The molecule has 1 atom stereocenters. The van der Waals surface area contributed by atoms with Crippen LogP contribution in [0.3, 0.4) is 0 Å². The van der Waals surface area contributed by atoms with E-state index in [1.807, 2.05) is 32.9 Å². The van der Waals surface area contributed by atoms with Gasteiger partial charge in [0.2, 0.25) is 0 Å². The molecule has 0 saturated carbocycles. The summed E-state index contributed by atoms with van der Waals surface area (Å²) in [6.07, 6.45) is 0. The third-order valence-electron chi connectivity index (χ3n) is 3.34. The van der Waals surface area contributed by atoms with Crippen molar-refractivity contribution in [1.29, 1.82) is 0 Å². The molecule has 2 aromatic rings. The van der Waals surface area contributed by atoms with Crippen molar-refractivity contribution in [2.45, 2.75) is 26.8 Å². The summed E-state index contributed by atoms with van der Waals surface area (Å²) in [7, 11) is 0. The lowest BCUT2D eigenvalue weighted by Crippen LogP contribution is -2.17. The summed E-state index contributed by atoms with van der Waals surface area (Å²) in [5, 5.41) is 3.81. The van der Waals surface area contributed by atoms with Crippen LogP contribution in [0.5, 0.6) is 11.5 Å². The molecule has 0 fully saturated rings. The first-order valence-corrected chi connectivity index (χ1v) is 7.36. The minimum absolute atomic E-state index is 0.103. The van der Waals surface area contributed by atoms with Crippen LogP contribution in [0, 0.1) is 12.7 Å². The SMILES string of the molecule is CCNC(C)c1ccc(Oc2cc(Cl)ccc2C)c(F)c1. The molecule has 0 aromatic heterocycles. The van der Waals surface area contributed by atoms with Crippen LogP contribution >= 0.6 is 11.6 Å². The Morgan fingerprint density at radius 1 is 1.19 bits per heavy atom. The Hall–Kier alpha value is -1.58. The topological polar surface area (TPSA) is 21.3 Å². The van der Waals surface area contributed by atoms with Crippen LogP contribution in [0.1, 0.15) is 31.0 Å². The average molecular weight is 308 g/mol. The summed E-state index contributed by atoms with van der Waals surface area (Å²) < 4.78 is 19.8. The van der Waals surface area contributed by atoms with Gasteiger partial charge >= 0.3 is 0 Å². The monoisotopic (exact) mass is 307 g/mol. The predicted molar refractivity (Wildman–Crippen MR) is 84.8 cm³/mol. The number of hydrogen-bond acceptors (Lipinski definition) is 2. The van der Waals surface area contributed by atoms with E-state index >= 15 is 0 Å². The zero-order chi connectivity index (χ0) is 15.4. The molecule has 1 N–H and O–H groups in total. The zero-order valence-corrected chi connectivity index (χ0v) is 13.2. The van der Waals surface area contributed by atoms with Gasteiger partial charge in [-0.1, -0.05) is 30.7 Å². The van der Waals surface area contributed by atoms with Gasteiger partial charge in [0, 0.05) is 11.1 Å². The van der Waals surface area contributed by atoms with E-state index < -0.39 is 0 Å². The fourth-order valence-corrected chi connectivity index (χ4v) is 2.26. The third kappa shape index (κ3) is 3.96. The molecule has 0 aliphatic heterocycles. The summed E-state index contributed by atoms with van der Waals surface area (Å²) in [6.45, 7) is 6.75. The van der Waals surface area contributed by atoms with Gasteiger partial charge in [-0.15, -0.1) is 0 Å². The van der Waals surface area contributed by atoms with Crippen molar-refractivity contribution in [3.05, 3.63) is 58.4 Å². The zero-order valence-electron chi connectivity index (χ0n) is 12.4. The van der Waals surface area contributed by atoms with Gasteiger partial charge in [-0.05, 0) is 55.8 Å². The van der Waals surface area contributed by atoms with Crippen molar-refractivity contribution in [2.75, 3.05) is 6.54 Å². The Balaban J connectivity index is 2.23. The van der Waals surface area contributed by atoms with Crippen molar-refractivity contribution >= 4 is 11.6 Å². The molecular formula is C17H19ClFNO. The highest BCUT2D eigenvalue weighted by atomic mass is 35.5. The van der Waals surface area contributed by atoms with Crippen LogP contribution in [0.15, 0.2) is 36.4 Å². The van der Waals surface area contributed by atoms with E-state index in [9.17, 15) is 4.39 Å². The predicted octanol–water partition coefficient (Wildman–Crippen LogP) is 5.25. The fraction of sp³-hybridized carbons (Fsp3) is 0.294. The summed E-state index contributed by atoms with van der Waals surface area (Å²) >= 11 is 5.94. The first kappa shape index (κ1) is 15.8. The van der Waals surface area contributed by atoms with Gasteiger partial charge in [-0.25, -0.2) is 4.39 Å². The van der Waals surface area contributed by atoms with Crippen molar-refractivity contribution in [3.8, 4) is 11.5 Å². The summed E-state index contributed by atoms with van der Waals surface area (Å²) in [5.41, 5.74) is 1.80. The lowest BCUT2D eigenvalue weighted by atomic mass is 10.1. The van der Waals surface area contributed by atoms with Gasteiger partial charge in [0.15, 0.2) is 11.6 Å². The van der Waals surface area contributed by atoms with Crippen LogP contribution in [0.25, 0.3) is 0 Å². The third-order valence-corrected chi connectivity index (χ3v) is 3.57. The molecule has 0 aliphatic carbocycles. The van der Waals surface area contributed by atoms with E-state index in [1.54, 1.807) is 18.2 Å². The Morgan fingerprint density at radius 2 is 1.95 bits per heavy atom. The second-order valence-electron chi connectivity index (χ2n) is 4.98. The van der Waals surface area contributed by atoms with E-state index in [4.69, 9.17) is 16.3 Å². The molecule has 0 bridgehead atoms. The first-order valence-electron chi connectivity index (χ1n) is 6.98. The largest absolute Gasteiger partial charge is 0.454 e. The molecule has 0 aliphatic rings. The Morgan fingerprint density at radius 3 is 2.62 bits per heavy atom. The molecule has 0 saturated heterocycles. The second kappa shape index (κ2) is 6.92. The average Bonchev–Trinajstić information content (AvgIpc) is 2.45. The maximum absolute atomic E-state index is 14.2. The fourth-order valence-electron chi connectivity index (χ4n) is 2.10. The van der Waals surface area contributed by atoms with Gasteiger partial charge in [0.25, 0.3) is 0 Å². The van der Waals surface area contributed by atoms with Gasteiger partial charge in [-0.2, -0.15) is 0 Å². The minimum Gasteiger partial charge on any atom is -0.454 e. The molecular weight excluding hydrogens is 289 g/mol. The summed E-state index contributed by atoms with van der Waals surface area (Å²) in [4.78, 5) is 0. The van der Waals surface area contributed by atoms with Crippen molar-refractivity contribution in [3.63, 3.8) is 0 Å². The molecule has 112 valence electrons. The number of nitrogens with one attached hydrogen (secondary N) is 1. The molecule has 2 aromatic carbocycles. The number of ether oxygens (including phenoxy) is 1. The van der Waals surface area contributed by atoms with Crippen LogP contribution in [-0.2, 0) is 0 Å². The number of aryl methyl sites for hydroxylation is 1. The molecule has 1 unspecified atom stereocenters. The molecule has 2 nitrogen and oxygen atoms in total. The lowest BCUT2D eigenvalue weighted by molar-refractivity contribution is 0.438. The number of halogens is 2. The van der Waals surface area contributed by atoms with E-state index in [-0.39, 0.29) is 17.6 Å². The molecule has 0 heterocycles. The summed E-state index contributed by atoms with van der Waals surface area (Å²) in [6, 6.07) is 10.4. The standard InChI is InChI=1S/C17H19ClFNO/c1-4-20-12(3)13-6-8-16(15(19)9-13)21-17-10-14(18)7-5-11(17)2/h5-10,12,20H,4H2,1-3H3. The molecule has 2 rings (SSSR count). The van der Waals surface area contributed by atoms with Gasteiger partial charge in [0.1, 0.15) is 5.75 Å². The van der Waals surface area contributed by atoms with Crippen molar-refractivity contribution < 1.29 is 9.13 Å². The van der Waals surface area contributed by atoms with E-state index in [1.165, 1.54) is 6.07 Å². The second-order valence-corrected chi connectivity index (χ2v) is 5.42. The maximum atomic E-state index is 14.2. The van der Waals surface area contributed by atoms with Crippen molar-refractivity contribution in [2.24, 2.45) is 0 Å². The summed E-state index contributed by atoms with van der Waals surface area (Å²) in [5.74, 6) is 0.387. The normalized spacial score (nSPS) is 12.2. The highest BCUT2D eigenvalue weighted by Gasteiger charge is 2.11. The van der Waals surface area contributed by atoms with Gasteiger partial charge in [-0.3, -0.25) is 0 Å². The smallest absolute Gasteiger partial charge is 0.166 e. The number of hydrogen-bond donors (Lipinski definition) is 1. The molecule has 4 heteroatoms. The molecule has 0 radical (unpaired) electrons. The number of rotatable bonds is 5. The highest BCUT2D eigenvalue weighted by molar-refractivity contribution is 6.30. The molecule has 0 spiro atoms. The quantitative estimate of drug-likeness (QED) is 0.814. The lowest BCUT2D eigenvalue weighted by Gasteiger charge is -2.15. The van der Waals surface area contributed by atoms with Gasteiger partial charge in [0.05, 0.1) is 0 Å². The van der Waals surface area contributed by atoms with Gasteiger partial charge < -0.3 is 10.1 Å². The van der Waals surface area contributed by atoms with Crippen molar-refractivity contribution in [1.82, 2.24) is 5.32 Å². The van der Waals surface area contributed by atoms with Crippen LogP contribution in [0.4, 0.5) is 4.39 Å². The molecule has 0 amide bonds. The van der Waals surface area contributed by atoms with Crippen LogP contribution in [-0.4, -0.2) is 6.54 Å². The van der Waals surface area contributed by atoms with Crippen LogP contribution < -0.4 is 10.1 Å². The Labute approximate surface area is 129 Å².